The Kier molecular flexibility index (Phi) is 5.94. The number of nitrogens with zero attached hydrogens (tertiary/aromatic N) is 4. The van der Waals surface area contributed by atoms with Crippen LogP contribution in [0.5, 0.6) is 5.75 Å². The number of allylic oxidation sites excluding steroid dienone is 1. The molecule has 0 bridgehead atoms. The van der Waals surface area contributed by atoms with E-state index in [0.717, 1.165) is 5.56 Å². The van der Waals surface area contributed by atoms with Crippen LogP contribution in [-0.4, -0.2) is 44.5 Å². The van der Waals surface area contributed by atoms with Gasteiger partial charge in [0.25, 0.3) is 5.91 Å². The molecule has 160 valence electrons. The second kappa shape index (κ2) is 8.97. The van der Waals surface area contributed by atoms with Crippen LogP contribution in [0.15, 0.2) is 60.1 Å². The number of pyridine rings is 1. The maximum atomic E-state index is 13.3. The molecule has 0 radical (unpaired) electrons. The van der Waals surface area contributed by atoms with Gasteiger partial charge in [-0.15, -0.1) is 0 Å². The summed E-state index contributed by atoms with van der Waals surface area (Å²) in [5, 5.41) is 19.9. The number of fused-ring (bicyclic) bond motifs is 1. The zero-order chi connectivity index (χ0) is 21.8. The molecule has 9 heteroatoms. The number of benzene rings is 1. The van der Waals surface area contributed by atoms with E-state index in [-0.39, 0.29) is 12.5 Å². The van der Waals surface area contributed by atoms with Crippen molar-refractivity contribution in [2.24, 2.45) is 0 Å². The molecule has 3 aromatic rings. The third-order valence-electron chi connectivity index (χ3n) is 5.03. The molecule has 9 nitrogen and oxygen atoms in total. The Hall–Kier alpha value is -3.72. The van der Waals surface area contributed by atoms with E-state index in [1.165, 1.54) is 0 Å². The summed E-state index contributed by atoms with van der Waals surface area (Å²) in [6, 6.07) is 10.6. The summed E-state index contributed by atoms with van der Waals surface area (Å²) in [5.74, 6) is 1.58. The highest BCUT2D eigenvalue weighted by Crippen LogP contribution is 2.36. The number of nitrogens with one attached hydrogen (secondary N) is 2. The van der Waals surface area contributed by atoms with Gasteiger partial charge in [0.1, 0.15) is 11.8 Å². The predicted octanol–water partition coefficient (Wildman–Crippen LogP) is 2.53. The van der Waals surface area contributed by atoms with Crippen LogP contribution in [-0.2, 0) is 11.2 Å². The van der Waals surface area contributed by atoms with E-state index >= 15 is 0 Å². The number of aryl methyl sites for hydroxylation is 1. The van der Waals surface area contributed by atoms with Gasteiger partial charge in [-0.05, 0) is 43.2 Å². The van der Waals surface area contributed by atoms with Gasteiger partial charge in [-0.1, -0.05) is 12.1 Å². The SMILES string of the molecule is COc1cccc(C2C(C(=O)Nc3cccnc3)=C(C)Nc3nc(CCCO)nn32)c1. The Morgan fingerprint density at radius 2 is 2.19 bits per heavy atom. The van der Waals surface area contributed by atoms with Crippen LogP contribution in [0, 0.1) is 0 Å². The maximum Gasteiger partial charge on any atom is 0.255 e. The molecule has 0 aliphatic carbocycles. The van der Waals surface area contributed by atoms with Gasteiger partial charge in [-0.3, -0.25) is 9.78 Å². The van der Waals surface area contributed by atoms with Crippen LogP contribution < -0.4 is 15.4 Å². The summed E-state index contributed by atoms with van der Waals surface area (Å²) in [5.41, 5.74) is 2.65. The van der Waals surface area contributed by atoms with Gasteiger partial charge in [-0.2, -0.15) is 10.1 Å². The van der Waals surface area contributed by atoms with Crippen LogP contribution >= 0.6 is 0 Å². The third-order valence-corrected chi connectivity index (χ3v) is 5.03. The lowest BCUT2D eigenvalue weighted by Crippen LogP contribution is -2.31. The lowest BCUT2D eigenvalue weighted by Gasteiger charge is -2.28. The first-order chi connectivity index (χ1) is 15.1. The van der Waals surface area contributed by atoms with Crippen molar-refractivity contribution in [2.75, 3.05) is 24.4 Å². The second-order valence-electron chi connectivity index (χ2n) is 7.16. The fourth-order valence-corrected chi connectivity index (χ4v) is 3.59. The number of ether oxygens (including phenoxy) is 1. The fourth-order valence-electron chi connectivity index (χ4n) is 3.59. The summed E-state index contributed by atoms with van der Waals surface area (Å²) >= 11 is 0. The van der Waals surface area contributed by atoms with Crippen molar-refractivity contribution >= 4 is 17.5 Å². The Bertz CT molecular complexity index is 1110. The van der Waals surface area contributed by atoms with Crippen LogP contribution in [0.25, 0.3) is 0 Å². The van der Waals surface area contributed by atoms with E-state index in [0.29, 0.717) is 47.3 Å². The molecule has 1 aromatic carbocycles. The minimum Gasteiger partial charge on any atom is -0.497 e. The summed E-state index contributed by atoms with van der Waals surface area (Å²) in [6.07, 6.45) is 4.35. The van der Waals surface area contributed by atoms with Crippen LogP contribution in [0.4, 0.5) is 11.6 Å². The van der Waals surface area contributed by atoms with E-state index < -0.39 is 6.04 Å². The molecule has 0 saturated heterocycles. The Morgan fingerprint density at radius 1 is 1.32 bits per heavy atom. The maximum absolute atomic E-state index is 13.3. The number of anilines is 2. The zero-order valence-corrected chi connectivity index (χ0v) is 17.4. The molecule has 0 saturated carbocycles. The molecule has 3 N–H and O–H groups in total. The number of hydrogen-bond acceptors (Lipinski definition) is 7. The fraction of sp³-hybridized carbons (Fsp3) is 0.273. The molecule has 2 aromatic heterocycles. The molecule has 1 amide bonds. The van der Waals surface area contributed by atoms with E-state index in [1.807, 2.05) is 31.2 Å². The van der Waals surface area contributed by atoms with Crippen LogP contribution in [0.2, 0.25) is 0 Å². The Morgan fingerprint density at radius 3 is 2.94 bits per heavy atom. The molecular formula is C22H24N6O3. The lowest BCUT2D eigenvalue weighted by molar-refractivity contribution is -0.113. The van der Waals surface area contributed by atoms with Gasteiger partial charge in [0.05, 0.1) is 24.6 Å². The molecule has 0 fully saturated rings. The predicted molar refractivity (Wildman–Crippen MR) is 116 cm³/mol. The van der Waals surface area contributed by atoms with Crippen molar-refractivity contribution in [3.8, 4) is 5.75 Å². The van der Waals surface area contributed by atoms with Crippen molar-refractivity contribution < 1.29 is 14.6 Å². The van der Waals surface area contributed by atoms with E-state index in [1.54, 1.807) is 36.3 Å². The number of carbonyl (C=O) groups excluding carboxylic acids is 1. The van der Waals surface area contributed by atoms with Gasteiger partial charge in [0.15, 0.2) is 5.82 Å². The standard InChI is InChI=1S/C22H24N6O3/c1-14-19(21(30)25-16-7-4-10-23-13-16)20(15-6-3-8-17(12-15)31-2)28-22(24-14)26-18(27-28)9-5-11-29/h3-4,6-8,10,12-13,20,29H,5,9,11H2,1-2H3,(H,25,30)(H,24,26,27). The minimum absolute atomic E-state index is 0.0622. The summed E-state index contributed by atoms with van der Waals surface area (Å²) in [6.45, 7) is 1.91. The number of aliphatic hydroxyl groups excluding tert-OH is 1. The Labute approximate surface area is 179 Å². The third kappa shape index (κ3) is 4.26. The lowest BCUT2D eigenvalue weighted by atomic mass is 9.95. The first-order valence-corrected chi connectivity index (χ1v) is 10.00. The Balaban J connectivity index is 1.77. The van der Waals surface area contributed by atoms with E-state index in [9.17, 15) is 4.79 Å². The number of methoxy groups -OCH3 is 1. The molecule has 31 heavy (non-hydrogen) atoms. The minimum atomic E-state index is -0.501. The highest BCUT2D eigenvalue weighted by Gasteiger charge is 2.34. The molecule has 1 aliphatic rings. The van der Waals surface area contributed by atoms with Gasteiger partial charge in [0.2, 0.25) is 5.95 Å². The van der Waals surface area contributed by atoms with Gasteiger partial charge in [0, 0.05) is 24.9 Å². The molecule has 3 heterocycles. The van der Waals surface area contributed by atoms with Crippen LogP contribution in [0.1, 0.15) is 30.8 Å². The van der Waals surface area contributed by atoms with Crippen molar-refractivity contribution in [1.29, 1.82) is 0 Å². The monoisotopic (exact) mass is 420 g/mol. The number of aromatic nitrogens is 4. The summed E-state index contributed by atoms with van der Waals surface area (Å²) in [7, 11) is 1.60. The molecule has 0 spiro atoms. The van der Waals surface area contributed by atoms with Crippen molar-refractivity contribution in [1.82, 2.24) is 19.7 Å². The summed E-state index contributed by atoms with van der Waals surface area (Å²) in [4.78, 5) is 22.0. The van der Waals surface area contributed by atoms with Crippen LogP contribution in [0.3, 0.4) is 0 Å². The number of rotatable bonds is 7. The first-order valence-electron chi connectivity index (χ1n) is 10.00. The zero-order valence-electron chi connectivity index (χ0n) is 17.4. The van der Waals surface area contributed by atoms with Gasteiger partial charge < -0.3 is 20.5 Å². The highest BCUT2D eigenvalue weighted by molar-refractivity contribution is 6.05. The smallest absolute Gasteiger partial charge is 0.255 e. The molecule has 1 atom stereocenters. The highest BCUT2D eigenvalue weighted by atomic mass is 16.5. The van der Waals surface area contributed by atoms with Crippen molar-refractivity contribution in [3.63, 3.8) is 0 Å². The molecule has 1 unspecified atom stereocenters. The number of amides is 1. The number of aliphatic hydroxyl groups is 1. The van der Waals surface area contributed by atoms with Gasteiger partial charge >= 0.3 is 0 Å². The van der Waals surface area contributed by atoms with Gasteiger partial charge in [-0.25, -0.2) is 4.68 Å². The normalized spacial score (nSPS) is 15.3. The average Bonchev–Trinajstić information content (AvgIpc) is 3.19. The second-order valence-corrected chi connectivity index (χ2v) is 7.16. The molecular weight excluding hydrogens is 396 g/mol. The molecule has 1 aliphatic heterocycles. The van der Waals surface area contributed by atoms with E-state index in [2.05, 4.69) is 25.7 Å². The number of hydrogen-bond donors (Lipinski definition) is 3. The van der Waals surface area contributed by atoms with Crippen molar-refractivity contribution in [2.45, 2.75) is 25.8 Å². The first kappa shape index (κ1) is 20.5. The number of carbonyl (C=O) groups is 1. The summed E-state index contributed by atoms with van der Waals surface area (Å²) < 4.78 is 7.11. The largest absolute Gasteiger partial charge is 0.497 e. The van der Waals surface area contributed by atoms with E-state index in [4.69, 9.17) is 9.84 Å². The molecule has 4 rings (SSSR count). The topological polar surface area (TPSA) is 114 Å². The van der Waals surface area contributed by atoms with Crippen molar-refractivity contribution in [3.05, 3.63) is 71.4 Å². The quantitative estimate of drug-likeness (QED) is 0.538. The average molecular weight is 420 g/mol.